The first-order valence-electron chi connectivity index (χ1n) is 7.29. The lowest BCUT2D eigenvalue weighted by Gasteiger charge is -2.25. The van der Waals surface area contributed by atoms with Crippen LogP contribution in [0.1, 0.15) is 76.0 Å². The van der Waals surface area contributed by atoms with Crippen LogP contribution in [-0.4, -0.2) is 17.2 Å². The molecule has 1 atom stereocenters. The monoisotopic (exact) mass is 251 g/mol. The topological polar surface area (TPSA) is 51.0 Å². The van der Waals surface area contributed by atoms with Gasteiger partial charge in [0.15, 0.2) is 5.82 Å². The molecule has 0 saturated heterocycles. The van der Waals surface area contributed by atoms with Gasteiger partial charge < -0.3 is 9.84 Å². The van der Waals surface area contributed by atoms with E-state index in [0.29, 0.717) is 5.92 Å². The second kappa shape index (κ2) is 6.32. The van der Waals surface area contributed by atoms with Gasteiger partial charge in [-0.15, -0.1) is 0 Å². The van der Waals surface area contributed by atoms with Crippen molar-refractivity contribution in [2.75, 3.05) is 7.05 Å². The van der Waals surface area contributed by atoms with Gasteiger partial charge in [-0.2, -0.15) is 4.98 Å². The maximum absolute atomic E-state index is 5.39. The summed E-state index contributed by atoms with van der Waals surface area (Å²) >= 11 is 0. The van der Waals surface area contributed by atoms with Crippen molar-refractivity contribution in [2.45, 2.75) is 64.3 Å². The summed E-state index contributed by atoms with van der Waals surface area (Å²) in [5.74, 6) is 3.09. The zero-order valence-corrected chi connectivity index (χ0v) is 11.8. The highest BCUT2D eigenvalue weighted by atomic mass is 16.5. The average molecular weight is 251 g/mol. The summed E-state index contributed by atoms with van der Waals surface area (Å²) in [5, 5.41) is 7.39. The number of hydrogen-bond acceptors (Lipinski definition) is 4. The van der Waals surface area contributed by atoms with E-state index in [1.165, 1.54) is 32.1 Å². The smallest absolute Gasteiger partial charge is 0.243 e. The quantitative estimate of drug-likeness (QED) is 0.871. The van der Waals surface area contributed by atoms with Gasteiger partial charge in [0, 0.05) is 5.92 Å². The molecule has 0 aromatic carbocycles. The Balaban J connectivity index is 1.98. The fourth-order valence-corrected chi connectivity index (χ4v) is 2.89. The van der Waals surface area contributed by atoms with Gasteiger partial charge >= 0.3 is 0 Å². The van der Waals surface area contributed by atoms with Crippen LogP contribution in [0.25, 0.3) is 0 Å². The molecule has 1 aromatic heterocycles. The Labute approximate surface area is 110 Å². The third-order valence-corrected chi connectivity index (χ3v) is 4.30. The van der Waals surface area contributed by atoms with Crippen LogP contribution < -0.4 is 5.32 Å². The van der Waals surface area contributed by atoms with Crippen molar-refractivity contribution < 1.29 is 4.52 Å². The van der Waals surface area contributed by atoms with Crippen molar-refractivity contribution in [2.24, 2.45) is 5.92 Å². The Morgan fingerprint density at radius 3 is 2.56 bits per heavy atom. The van der Waals surface area contributed by atoms with Gasteiger partial charge in [0.2, 0.25) is 5.89 Å². The molecule has 1 aliphatic rings. The summed E-state index contributed by atoms with van der Waals surface area (Å²) in [4.78, 5) is 4.59. The molecule has 1 heterocycles. The van der Waals surface area contributed by atoms with E-state index in [4.69, 9.17) is 4.52 Å². The Bertz CT molecular complexity index is 352. The summed E-state index contributed by atoms with van der Waals surface area (Å²) in [6, 6.07) is 0.193. The predicted octanol–water partition coefficient (Wildman–Crippen LogP) is 3.42. The molecule has 2 rings (SSSR count). The van der Waals surface area contributed by atoms with E-state index in [2.05, 4.69) is 29.3 Å². The molecule has 0 aliphatic heterocycles. The molecule has 18 heavy (non-hydrogen) atoms. The first-order chi connectivity index (χ1) is 8.78. The Kier molecular flexibility index (Phi) is 4.75. The standard InChI is InChI=1S/C14H25N3O/c1-4-10-6-8-11(9-7-10)13-16-14(18-17-13)12(5-2)15-3/h10-12,15H,4-9H2,1-3H3. The van der Waals surface area contributed by atoms with Crippen LogP contribution in [0.4, 0.5) is 0 Å². The van der Waals surface area contributed by atoms with Crippen LogP contribution in [-0.2, 0) is 0 Å². The SMILES string of the molecule is CCC1CCC(c2noc(C(CC)NC)n2)CC1. The van der Waals surface area contributed by atoms with Crippen molar-refractivity contribution in [3.63, 3.8) is 0 Å². The molecule has 0 amide bonds. The summed E-state index contributed by atoms with van der Waals surface area (Å²) in [5.41, 5.74) is 0. The van der Waals surface area contributed by atoms with E-state index >= 15 is 0 Å². The molecule has 0 radical (unpaired) electrons. The van der Waals surface area contributed by atoms with Gasteiger partial charge in [0.05, 0.1) is 6.04 Å². The fraction of sp³-hybridized carbons (Fsp3) is 0.857. The lowest BCUT2D eigenvalue weighted by atomic mass is 9.80. The van der Waals surface area contributed by atoms with Gasteiger partial charge in [0.1, 0.15) is 0 Å². The molecule has 1 saturated carbocycles. The summed E-state index contributed by atoms with van der Waals surface area (Å²) in [6.07, 6.45) is 7.34. The van der Waals surface area contributed by atoms with E-state index in [0.717, 1.165) is 24.1 Å². The highest BCUT2D eigenvalue weighted by molar-refractivity contribution is 5.00. The molecule has 4 heteroatoms. The van der Waals surface area contributed by atoms with Crippen molar-refractivity contribution >= 4 is 0 Å². The van der Waals surface area contributed by atoms with E-state index in [1.54, 1.807) is 0 Å². The second-order valence-corrected chi connectivity index (χ2v) is 5.37. The Morgan fingerprint density at radius 2 is 2.00 bits per heavy atom. The zero-order valence-electron chi connectivity index (χ0n) is 11.8. The molecule has 1 fully saturated rings. The number of aromatic nitrogens is 2. The molecule has 1 unspecified atom stereocenters. The highest BCUT2D eigenvalue weighted by Gasteiger charge is 2.26. The molecule has 1 N–H and O–H groups in total. The van der Waals surface area contributed by atoms with Crippen molar-refractivity contribution in [3.05, 3.63) is 11.7 Å². The number of rotatable bonds is 5. The maximum atomic E-state index is 5.39. The van der Waals surface area contributed by atoms with Crippen LogP contribution in [0.15, 0.2) is 4.52 Å². The molecule has 102 valence electrons. The summed E-state index contributed by atoms with van der Waals surface area (Å²) < 4.78 is 5.39. The minimum atomic E-state index is 0.193. The van der Waals surface area contributed by atoms with Crippen molar-refractivity contribution in [3.8, 4) is 0 Å². The minimum absolute atomic E-state index is 0.193. The summed E-state index contributed by atoms with van der Waals surface area (Å²) in [6.45, 7) is 4.41. The second-order valence-electron chi connectivity index (χ2n) is 5.37. The first-order valence-corrected chi connectivity index (χ1v) is 7.29. The number of nitrogens with one attached hydrogen (secondary N) is 1. The van der Waals surface area contributed by atoms with E-state index in [1.807, 2.05) is 7.05 Å². The van der Waals surface area contributed by atoms with Gasteiger partial charge in [-0.05, 0) is 45.1 Å². The normalized spacial score (nSPS) is 26.2. The van der Waals surface area contributed by atoms with Gasteiger partial charge in [-0.1, -0.05) is 25.4 Å². The summed E-state index contributed by atoms with van der Waals surface area (Å²) in [7, 11) is 1.94. The van der Waals surface area contributed by atoms with E-state index in [9.17, 15) is 0 Å². The number of hydrogen-bond donors (Lipinski definition) is 1. The zero-order chi connectivity index (χ0) is 13.0. The van der Waals surface area contributed by atoms with E-state index < -0.39 is 0 Å². The Morgan fingerprint density at radius 1 is 1.28 bits per heavy atom. The van der Waals surface area contributed by atoms with Crippen LogP contribution in [0.5, 0.6) is 0 Å². The molecule has 0 spiro atoms. The lowest BCUT2D eigenvalue weighted by molar-refractivity contribution is 0.298. The average Bonchev–Trinajstić information content (AvgIpc) is 2.90. The van der Waals surface area contributed by atoms with Crippen molar-refractivity contribution in [1.29, 1.82) is 0 Å². The van der Waals surface area contributed by atoms with Gasteiger partial charge in [0.25, 0.3) is 0 Å². The predicted molar refractivity (Wildman–Crippen MR) is 71.4 cm³/mol. The highest BCUT2D eigenvalue weighted by Crippen LogP contribution is 2.36. The number of nitrogens with zero attached hydrogens (tertiary/aromatic N) is 2. The van der Waals surface area contributed by atoms with Crippen LogP contribution in [0.3, 0.4) is 0 Å². The molecule has 4 nitrogen and oxygen atoms in total. The fourth-order valence-electron chi connectivity index (χ4n) is 2.89. The lowest BCUT2D eigenvalue weighted by Crippen LogP contribution is -2.16. The van der Waals surface area contributed by atoms with Crippen LogP contribution in [0, 0.1) is 5.92 Å². The Hall–Kier alpha value is -0.900. The molecule has 1 aliphatic carbocycles. The third-order valence-electron chi connectivity index (χ3n) is 4.30. The molecular formula is C14H25N3O. The van der Waals surface area contributed by atoms with Crippen molar-refractivity contribution in [1.82, 2.24) is 15.5 Å². The maximum Gasteiger partial charge on any atom is 0.243 e. The largest absolute Gasteiger partial charge is 0.338 e. The van der Waals surface area contributed by atoms with Crippen LogP contribution >= 0.6 is 0 Å². The van der Waals surface area contributed by atoms with Gasteiger partial charge in [-0.3, -0.25) is 0 Å². The minimum Gasteiger partial charge on any atom is -0.338 e. The third kappa shape index (κ3) is 2.91. The first kappa shape index (κ1) is 13.5. The van der Waals surface area contributed by atoms with Crippen LogP contribution in [0.2, 0.25) is 0 Å². The molecule has 0 bridgehead atoms. The van der Waals surface area contributed by atoms with E-state index in [-0.39, 0.29) is 6.04 Å². The van der Waals surface area contributed by atoms with Gasteiger partial charge in [-0.25, -0.2) is 0 Å². The molecular weight excluding hydrogens is 226 g/mol. The molecule has 1 aromatic rings.